The monoisotopic (exact) mass is 231 g/mol. The quantitative estimate of drug-likeness (QED) is 0.721. The minimum Gasteiger partial charge on any atom is -0.354 e. The number of fused-ring (bicyclic) bond motifs is 1. The second-order valence-electron chi connectivity index (χ2n) is 5.26. The van der Waals surface area contributed by atoms with Gasteiger partial charge in [0.15, 0.2) is 5.82 Å². The maximum absolute atomic E-state index is 12.3. The van der Waals surface area contributed by atoms with Crippen molar-refractivity contribution in [3.8, 4) is 0 Å². The number of aromatic nitrogens is 1. The van der Waals surface area contributed by atoms with Crippen molar-refractivity contribution in [1.29, 1.82) is 0 Å². The molecule has 1 aliphatic heterocycles. The zero-order valence-electron chi connectivity index (χ0n) is 9.99. The van der Waals surface area contributed by atoms with Crippen LogP contribution in [0.15, 0.2) is 18.3 Å². The number of nitrogens with one attached hydrogen (secondary N) is 2. The first-order valence-electron chi connectivity index (χ1n) is 6.24. The van der Waals surface area contributed by atoms with Crippen molar-refractivity contribution in [2.45, 2.75) is 38.1 Å². The number of nitrogens with zero attached hydrogens (tertiary/aromatic N) is 1. The van der Waals surface area contributed by atoms with Crippen LogP contribution in [0.4, 0.5) is 11.5 Å². The van der Waals surface area contributed by atoms with Crippen LogP contribution in [0.5, 0.6) is 0 Å². The molecule has 3 rings (SSSR count). The zero-order chi connectivity index (χ0) is 11.9. The maximum Gasteiger partial charge on any atom is 0.250 e. The number of carbonyl (C=O) groups is 1. The Morgan fingerprint density at radius 3 is 3.24 bits per heavy atom. The molecule has 2 heterocycles. The highest BCUT2D eigenvalue weighted by Crippen LogP contribution is 2.39. The van der Waals surface area contributed by atoms with Crippen LogP contribution in [0.2, 0.25) is 0 Å². The number of anilines is 2. The van der Waals surface area contributed by atoms with E-state index in [1.807, 2.05) is 12.1 Å². The first kappa shape index (κ1) is 10.6. The first-order chi connectivity index (χ1) is 8.20. The van der Waals surface area contributed by atoms with Gasteiger partial charge >= 0.3 is 0 Å². The molecule has 2 aliphatic rings. The van der Waals surface area contributed by atoms with Gasteiger partial charge in [-0.3, -0.25) is 4.79 Å². The lowest BCUT2D eigenvalue weighted by Gasteiger charge is -2.42. The predicted molar refractivity (Wildman–Crippen MR) is 66.9 cm³/mol. The molecule has 2 atom stereocenters. The third-order valence-electron chi connectivity index (χ3n) is 3.85. The average molecular weight is 231 g/mol. The molecule has 17 heavy (non-hydrogen) atoms. The van der Waals surface area contributed by atoms with E-state index < -0.39 is 5.54 Å². The Kier molecular flexibility index (Phi) is 2.31. The van der Waals surface area contributed by atoms with Gasteiger partial charge in [-0.05, 0) is 30.9 Å². The third-order valence-corrected chi connectivity index (χ3v) is 3.85. The Morgan fingerprint density at radius 2 is 2.41 bits per heavy atom. The Hall–Kier alpha value is -1.58. The molecule has 1 aromatic heterocycles. The molecular weight excluding hydrogens is 214 g/mol. The van der Waals surface area contributed by atoms with E-state index in [0.29, 0.717) is 5.92 Å². The molecule has 1 saturated carbocycles. The number of amides is 1. The fraction of sp³-hybridized carbons (Fsp3) is 0.538. The SMILES string of the molecule is CC1CCCC2(C1)Nc1ncccc1NC2=O. The van der Waals surface area contributed by atoms with Gasteiger partial charge in [0, 0.05) is 6.20 Å². The van der Waals surface area contributed by atoms with E-state index in [9.17, 15) is 4.79 Å². The van der Waals surface area contributed by atoms with Crippen LogP contribution in [-0.4, -0.2) is 16.4 Å². The number of carbonyl (C=O) groups excluding carboxylic acids is 1. The predicted octanol–water partition coefficient (Wildman–Crippen LogP) is 2.39. The summed E-state index contributed by atoms with van der Waals surface area (Å²) in [6.45, 7) is 2.21. The van der Waals surface area contributed by atoms with Gasteiger partial charge in [0.1, 0.15) is 5.54 Å². The molecule has 0 saturated heterocycles. The molecule has 2 N–H and O–H groups in total. The van der Waals surface area contributed by atoms with Crippen LogP contribution in [0.3, 0.4) is 0 Å². The summed E-state index contributed by atoms with van der Waals surface area (Å²) >= 11 is 0. The number of hydrogen-bond donors (Lipinski definition) is 2. The minimum absolute atomic E-state index is 0.101. The molecule has 1 aromatic rings. The van der Waals surface area contributed by atoms with E-state index >= 15 is 0 Å². The fourth-order valence-corrected chi connectivity index (χ4v) is 3.00. The summed E-state index contributed by atoms with van der Waals surface area (Å²) in [5.74, 6) is 1.50. The van der Waals surface area contributed by atoms with Crippen molar-refractivity contribution in [2.24, 2.45) is 5.92 Å². The molecule has 4 nitrogen and oxygen atoms in total. The maximum atomic E-state index is 12.3. The molecular formula is C13H17N3O. The first-order valence-corrected chi connectivity index (χ1v) is 6.24. The zero-order valence-corrected chi connectivity index (χ0v) is 9.99. The van der Waals surface area contributed by atoms with Gasteiger partial charge in [-0.15, -0.1) is 0 Å². The Balaban J connectivity index is 1.96. The summed E-state index contributed by atoms with van der Waals surface area (Å²) in [6, 6.07) is 3.72. The summed E-state index contributed by atoms with van der Waals surface area (Å²) in [5, 5.41) is 6.35. The van der Waals surface area contributed by atoms with Crippen LogP contribution in [0, 0.1) is 5.92 Å². The van der Waals surface area contributed by atoms with Gasteiger partial charge in [-0.2, -0.15) is 0 Å². The van der Waals surface area contributed by atoms with Gasteiger partial charge < -0.3 is 10.6 Å². The lowest BCUT2D eigenvalue weighted by Crippen LogP contribution is -2.55. The van der Waals surface area contributed by atoms with E-state index in [0.717, 1.165) is 30.8 Å². The molecule has 0 bridgehead atoms. The number of pyridine rings is 1. The van der Waals surface area contributed by atoms with Crippen LogP contribution in [-0.2, 0) is 4.79 Å². The van der Waals surface area contributed by atoms with Crippen molar-refractivity contribution in [1.82, 2.24) is 4.98 Å². The van der Waals surface area contributed by atoms with E-state index in [1.165, 1.54) is 6.42 Å². The summed E-state index contributed by atoms with van der Waals surface area (Å²) in [7, 11) is 0. The van der Waals surface area contributed by atoms with Crippen LogP contribution in [0.1, 0.15) is 32.6 Å². The van der Waals surface area contributed by atoms with Gasteiger partial charge in [0.05, 0.1) is 5.69 Å². The van der Waals surface area contributed by atoms with Crippen LogP contribution >= 0.6 is 0 Å². The van der Waals surface area contributed by atoms with Gasteiger partial charge in [0.25, 0.3) is 0 Å². The molecule has 0 aromatic carbocycles. The highest BCUT2D eigenvalue weighted by molar-refractivity contribution is 6.05. The lowest BCUT2D eigenvalue weighted by atomic mass is 9.75. The van der Waals surface area contributed by atoms with Crippen molar-refractivity contribution >= 4 is 17.4 Å². The minimum atomic E-state index is -0.432. The van der Waals surface area contributed by atoms with Gasteiger partial charge in [0.2, 0.25) is 5.91 Å². The van der Waals surface area contributed by atoms with E-state index in [-0.39, 0.29) is 5.91 Å². The molecule has 2 unspecified atom stereocenters. The molecule has 0 radical (unpaired) electrons. The smallest absolute Gasteiger partial charge is 0.250 e. The summed E-state index contributed by atoms with van der Waals surface area (Å²) in [6.07, 6.45) is 5.87. The summed E-state index contributed by atoms with van der Waals surface area (Å²) in [5.41, 5.74) is 0.361. The second-order valence-corrected chi connectivity index (χ2v) is 5.26. The van der Waals surface area contributed by atoms with Crippen molar-refractivity contribution < 1.29 is 4.79 Å². The molecule has 1 spiro atoms. The highest BCUT2D eigenvalue weighted by atomic mass is 16.2. The van der Waals surface area contributed by atoms with Crippen molar-refractivity contribution in [3.63, 3.8) is 0 Å². The Bertz CT molecular complexity index is 460. The van der Waals surface area contributed by atoms with E-state index in [4.69, 9.17) is 0 Å². The number of rotatable bonds is 0. The summed E-state index contributed by atoms with van der Waals surface area (Å²) in [4.78, 5) is 16.6. The third kappa shape index (κ3) is 1.68. The average Bonchev–Trinajstić information content (AvgIpc) is 2.31. The molecule has 90 valence electrons. The lowest BCUT2D eigenvalue weighted by molar-refractivity contribution is -0.122. The second kappa shape index (κ2) is 3.72. The standard InChI is InChI=1S/C13H17N3O/c1-9-4-2-6-13(8-9)12(17)15-10-5-3-7-14-11(10)16-13/h3,5,7,9H,2,4,6,8H2,1H3,(H,14,16)(H,15,17). The molecule has 4 heteroatoms. The van der Waals surface area contributed by atoms with Crippen LogP contribution in [0.25, 0.3) is 0 Å². The van der Waals surface area contributed by atoms with Crippen LogP contribution < -0.4 is 10.6 Å². The van der Waals surface area contributed by atoms with Crippen molar-refractivity contribution in [2.75, 3.05) is 10.6 Å². The topological polar surface area (TPSA) is 54.0 Å². The highest BCUT2D eigenvalue weighted by Gasteiger charge is 2.44. The van der Waals surface area contributed by atoms with Crippen molar-refractivity contribution in [3.05, 3.63) is 18.3 Å². The van der Waals surface area contributed by atoms with Gasteiger partial charge in [-0.25, -0.2) is 4.98 Å². The largest absolute Gasteiger partial charge is 0.354 e. The Morgan fingerprint density at radius 1 is 1.53 bits per heavy atom. The van der Waals surface area contributed by atoms with Gasteiger partial charge in [-0.1, -0.05) is 19.8 Å². The molecule has 1 aliphatic carbocycles. The van der Waals surface area contributed by atoms with E-state index in [1.54, 1.807) is 6.20 Å². The van der Waals surface area contributed by atoms with E-state index in [2.05, 4.69) is 22.5 Å². The fourth-order valence-electron chi connectivity index (χ4n) is 3.00. The molecule has 1 fully saturated rings. The number of hydrogen-bond acceptors (Lipinski definition) is 3. The summed E-state index contributed by atoms with van der Waals surface area (Å²) < 4.78 is 0. The Labute approximate surface area is 101 Å². The molecule has 1 amide bonds. The normalized spacial score (nSPS) is 31.6.